The molecule has 1 fully saturated rings. The lowest BCUT2D eigenvalue weighted by Crippen LogP contribution is -2.43. The van der Waals surface area contributed by atoms with E-state index in [4.69, 9.17) is 4.74 Å². The Bertz CT molecular complexity index is 717. The molecular weight excluding hydrogens is 318 g/mol. The summed E-state index contributed by atoms with van der Waals surface area (Å²) in [6.07, 6.45) is 5.83. The second-order valence-electron chi connectivity index (χ2n) is 7.10. The Labute approximate surface area is 147 Å². The first-order valence-corrected chi connectivity index (χ1v) is 9.02. The van der Waals surface area contributed by atoms with Crippen molar-refractivity contribution in [2.75, 3.05) is 23.4 Å². The first kappa shape index (κ1) is 16.3. The van der Waals surface area contributed by atoms with Crippen LogP contribution in [0.25, 0.3) is 0 Å². The Morgan fingerprint density at radius 2 is 2.20 bits per heavy atom. The maximum Gasteiger partial charge on any atom is 0.152 e. The van der Waals surface area contributed by atoms with Crippen molar-refractivity contribution < 1.29 is 4.74 Å². The Hall–Kier alpha value is -2.22. The second kappa shape index (κ2) is 6.95. The van der Waals surface area contributed by atoms with E-state index in [0.29, 0.717) is 12.0 Å². The van der Waals surface area contributed by atoms with E-state index in [0.717, 1.165) is 56.5 Å². The van der Waals surface area contributed by atoms with Gasteiger partial charge in [0.25, 0.3) is 0 Å². The predicted molar refractivity (Wildman–Crippen MR) is 94.3 cm³/mol. The molecule has 8 heteroatoms. The van der Waals surface area contributed by atoms with E-state index < -0.39 is 0 Å². The quantitative estimate of drug-likeness (QED) is 0.905. The highest BCUT2D eigenvalue weighted by Crippen LogP contribution is 2.25. The molecular formula is C17H25N7O. The standard InChI is InChI=1S/C17H25N7O/c1-12(2)17-13(4-3-7-25-17)21-14-8-15(19-10-18-14)23-5-6-24-11-20-22-16(24)9-23/h8,10-13,17H,3-7,9H2,1-2H3,(H,18,19,21)/t13-,17+/m0/s1. The molecule has 2 aromatic rings. The Morgan fingerprint density at radius 3 is 3.08 bits per heavy atom. The van der Waals surface area contributed by atoms with E-state index in [1.807, 2.05) is 6.07 Å². The van der Waals surface area contributed by atoms with Crippen molar-refractivity contribution in [2.24, 2.45) is 5.92 Å². The highest BCUT2D eigenvalue weighted by molar-refractivity contribution is 5.49. The molecule has 2 atom stereocenters. The van der Waals surface area contributed by atoms with Crippen molar-refractivity contribution in [3.05, 3.63) is 24.5 Å². The molecule has 8 nitrogen and oxygen atoms in total. The molecule has 2 aliphatic heterocycles. The van der Waals surface area contributed by atoms with E-state index in [-0.39, 0.29) is 6.10 Å². The van der Waals surface area contributed by atoms with Crippen LogP contribution < -0.4 is 10.2 Å². The average molecular weight is 343 g/mol. The van der Waals surface area contributed by atoms with Gasteiger partial charge in [0, 0.05) is 25.8 Å². The van der Waals surface area contributed by atoms with Gasteiger partial charge >= 0.3 is 0 Å². The number of aromatic nitrogens is 5. The van der Waals surface area contributed by atoms with E-state index in [9.17, 15) is 0 Å². The minimum atomic E-state index is 0.223. The molecule has 0 spiro atoms. The number of ether oxygens (including phenoxy) is 1. The van der Waals surface area contributed by atoms with E-state index in [1.54, 1.807) is 12.7 Å². The summed E-state index contributed by atoms with van der Waals surface area (Å²) in [5, 5.41) is 11.7. The number of rotatable bonds is 4. The van der Waals surface area contributed by atoms with Gasteiger partial charge in [-0.1, -0.05) is 13.8 Å². The highest BCUT2D eigenvalue weighted by Gasteiger charge is 2.29. The van der Waals surface area contributed by atoms with Crippen LogP contribution in [-0.2, 0) is 17.8 Å². The van der Waals surface area contributed by atoms with Gasteiger partial charge in [0.2, 0.25) is 0 Å². The molecule has 2 aliphatic rings. The van der Waals surface area contributed by atoms with Crippen LogP contribution in [0.5, 0.6) is 0 Å². The van der Waals surface area contributed by atoms with E-state index in [2.05, 4.69) is 48.8 Å². The van der Waals surface area contributed by atoms with Gasteiger partial charge in [0.15, 0.2) is 5.82 Å². The summed E-state index contributed by atoms with van der Waals surface area (Å²) in [6, 6.07) is 2.32. The van der Waals surface area contributed by atoms with Gasteiger partial charge in [0.05, 0.1) is 18.7 Å². The number of hydrogen-bond donors (Lipinski definition) is 1. The first-order valence-electron chi connectivity index (χ1n) is 9.02. The fourth-order valence-electron chi connectivity index (χ4n) is 3.67. The van der Waals surface area contributed by atoms with Crippen LogP contribution in [0, 0.1) is 5.92 Å². The van der Waals surface area contributed by atoms with Crippen LogP contribution >= 0.6 is 0 Å². The van der Waals surface area contributed by atoms with Gasteiger partial charge < -0.3 is 19.5 Å². The summed E-state index contributed by atoms with van der Waals surface area (Å²) in [7, 11) is 0. The number of nitrogens with one attached hydrogen (secondary N) is 1. The van der Waals surface area contributed by atoms with Crippen molar-refractivity contribution in [1.29, 1.82) is 0 Å². The zero-order valence-electron chi connectivity index (χ0n) is 14.8. The third kappa shape index (κ3) is 3.44. The molecule has 1 saturated heterocycles. The number of hydrogen-bond acceptors (Lipinski definition) is 7. The van der Waals surface area contributed by atoms with Gasteiger partial charge in [-0.05, 0) is 18.8 Å². The van der Waals surface area contributed by atoms with Gasteiger partial charge in [-0.2, -0.15) is 0 Å². The zero-order chi connectivity index (χ0) is 17.2. The average Bonchev–Trinajstić information content (AvgIpc) is 3.10. The summed E-state index contributed by atoms with van der Waals surface area (Å²) < 4.78 is 8.05. The third-order valence-corrected chi connectivity index (χ3v) is 4.97. The fourth-order valence-corrected chi connectivity index (χ4v) is 3.67. The number of anilines is 2. The lowest BCUT2D eigenvalue weighted by atomic mass is 9.94. The highest BCUT2D eigenvalue weighted by atomic mass is 16.5. The molecule has 0 aromatic carbocycles. The summed E-state index contributed by atoms with van der Waals surface area (Å²) in [5.74, 6) is 3.23. The summed E-state index contributed by atoms with van der Waals surface area (Å²) in [4.78, 5) is 11.1. The maximum atomic E-state index is 5.97. The fraction of sp³-hybridized carbons (Fsp3) is 0.647. The zero-order valence-corrected chi connectivity index (χ0v) is 14.8. The van der Waals surface area contributed by atoms with Crippen molar-refractivity contribution in [3.63, 3.8) is 0 Å². The van der Waals surface area contributed by atoms with Crippen LogP contribution in [0.3, 0.4) is 0 Å². The first-order chi connectivity index (χ1) is 12.2. The molecule has 0 amide bonds. The number of fused-ring (bicyclic) bond motifs is 1. The normalized spacial score (nSPS) is 23.6. The summed E-state index contributed by atoms with van der Waals surface area (Å²) in [5.41, 5.74) is 0. The summed E-state index contributed by atoms with van der Waals surface area (Å²) in [6.45, 7) is 7.76. The lowest BCUT2D eigenvalue weighted by molar-refractivity contribution is -0.0203. The maximum absolute atomic E-state index is 5.97. The SMILES string of the molecule is CC(C)[C@H]1OCCC[C@@H]1Nc1cc(N2CCn3cnnc3C2)ncn1. The molecule has 0 saturated carbocycles. The van der Waals surface area contributed by atoms with Gasteiger partial charge in [-0.25, -0.2) is 9.97 Å². The largest absolute Gasteiger partial charge is 0.376 e. The summed E-state index contributed by atoms with van der Waals surface area (Å²) >= 11 is 0. The molecule has 0 aliphatic carbocycles. The van der Waals surface area contributed by atoms with Crippen molar-refractivity contribution in [1.82, 2.24) is 24.7 Å². The molecule has 2 aromatic heterocycles. The van der Waals surface area contributed by atoms with Crippen LogP contribution in [0.1, 0.15) is 32.5 Å². The number of nitrogens with zero attached hydrogens (tertiary/aromatic N) is 6. The van der Waals surface area contributed by atoms with E-state index >= 15 is 0 Å². The Morgan fingerprint density at radius 1 is 1.28 bits per heavy atom. The van der Waals surface area contributed by atoms with Gasteiger partial charge in [0.1, 0.15) is 24.3 Å². The Balaban J connectivity index is 1.48. The van der Waals surface area contributed by atoms with Gasteiger partial charge in [-0.15, -0.1) is 10.2 Å². The molecule has 4 rings (SSSR count). The smallest absolute Gasteiger partial charge is 0.152 e. The molecule has 0 unspecified atom stereocenters. The second-order valence-corrected chi connectivity index (χ2v) is 7.10. The molecule has 0 radical (unpaired) electrons. The lowest BCUT2D eigenvalue weighted by Gasteiger charge is -2.35. The Kier molecular flexibility index (Phi) is 4.52. The predicted octanol–water partition coefficient (Wildman–Crippen LogP) is 1.70. The van der Waals surface area contributed by atoms with Crippen molar-refractivity contribution in [2.45, 2.75) is 51.9 Å². The van der Waals surface area contributed by atoms with E-state index in [1.165, 1.54) is 0 Å². The van der Waals surface area contributed by atoms with Crippen LogP contribution in [0.4, 0.5) is 11.6 Å². The minimum absolute atomic E-state index is 0.223. The third-order valence-electron chi connectivity index (χ3n) is 4.97. The van der Waals surface area contributed by atoms with Crippen LogP contribution in [0.15, 0.2) is 18.7 Å². The topological polar surface area (TPSA) is 81.0 Å². The minimum Gasteiger partial charge on any atom is -0.376 e. The van der Waals surface area contributed by atoms with Crippen LogP contribution in [-0.4, -0.2) is 50.0 Å². The van der Waals surface area contributed by atoms with Crippen LogP contribution in [0.2, 0.25) is 0 Å². The van der Waals surface area contributed by atoms with Crippen molar-refractivity contribution >= 4 is 11.6 Å². The molecule has 1 N–H and O–H groups in total. The monoisotopic (exact) mass is 343 g/mol. The molecule has 0 bridgehead atoms. The van der Waals surface area contributed by atoms with Gasteiger partial charge in [-0.3, -0.25) is 0 Å². The molecule has 25 heavy (non-hydrogen) atoms. The molecule has 134 valence electrons. The van der Waals surface area contributed by atoms with Crippen molar-refractivity contribution in [3.8, 4) is 0 Å². The molecule has 4 heterocycles.